The maximum Gasteiger partial charge on any atom is 0.134 e. The fourth-order valence-electron chi connectivity index (χ4n) is 1.87. The molecule has 17 heavy (non-hydrogen) atoms. The van der Waals surface area contributed by atoms with E-state index < -0.39 is 0 Å². The molecule has 0 atom stereocenters. The lowest BCUT2D eigenvalue weighted by atomic mass is 10.2. The Labute approximate surface area is 99.9 Å². The molecule has 0 spiro atoms. The number of anilines is 1. The Balaban J connectivity index is 1.77. The molecule has 84 valence electrons. The van der Waals surface area contributed by atoms with Crippen LogP contribution in [0.2, 0.25) is 0 Å². The minimum atomic E-state index is 0.707. The second kappa shape index (κ2) is 4.34. The van der Waals surface area contributed by atoms with Crippen LogP contribution in [0.1, 0.15) is 5.76 Å². The highest BCUT2D eigenvalue weighted by Crippen LogP contribution is 2.19. The molecule has 0 saturated heterocycles. The first kappa shape index (κ1) is 9.97. The monoisotopic (exact) mass is 223 g/mol. The number of nitrogens with one attached hydrogen (secondary N) is 1. The highest BCUT2D eigenvalue weighted by Gasteiger charge is 2.02. The van der Waals surface area contributed by atoms with E-state index in [0.29, 0.717) is 6.54 Å². The average molecular weight is 223 g/mol. The second-order valence-corrected chi connectivity index (χ2v) is 3.97. The molecular weight excluding hydrogens is 210 g/mol. The molecule has 0 radical (unpaired) electrons. The Morgan fingerprint density at radius 1 is 0.882 bits per heavy atom. The van der Waals surface area contributed by atoms with Gasteiger partial charge in [0, 0.05) is 11.1 Å². The number of rotatable bonds is 3. The van der Waals surface area contributed by atoms with Gasteiger partial charge in [0.25, 0.3) is 0 Å². The second-order valence-electron chi connectivity index (χ2n) is 3.97. The minimum absolute atomic E-state index is 0.707. The molecule has 0 fully saturated rings. The number of fused-ring (bicyclic) bond motifs is 1. The zero-order valence-corrected chi connectivity index (χ0v) is 9.39. The van der Waals surface area contributed by atoms with E-state index in [-0.39, 0.29) is 0 Å². The van der Waals surface area contributed by atoms with E-state index >= 15 is 0 Å². The molecule has 0 aliphatic heterocycles. The molecule has 1 heterocycles. The van der Waals surface area contributed by atoms with Crippen molar-refractivity contribution in [1.82, 2.24) is 0 Å². The summed E-state index contributed by atoms with van der Waals surface area (Å²) in [5, 5.41) is 4.48. The van der Waals surface area contributed by atoms with Crippen LogP contribution in [-0.4, -0.2) is 0 Å². The van der Waals surface area contributed by atoms with Crippen LogP contribution in [0, 0.1) is 0 Å². The van der Waals surface area contributed by atoms with Crippen molar-refractivity contribution >= 4 is 16.7 Å². The predicted molar refractivity (Wildman–Crippen MR) is 70.0 cm³/mol. The highest BCUT2D eigenvalue weighted by molar-refractivity contribution is 5.77. The van der Waals surface area contributed by atoms with Gasteiger partial charge in [0.15, 0.2) is 0 Å². The van der Waals surface area contributed by atoms with Gasteiger partial charge in [0.2, 0.25) is 0 Å². The summed E-state index contributed by atoms with van der Waals surface area (Å²) in [6, 6.07) is 20.3. The number of para-hydroxylation sites is 2. The number of benzene rings is 2. The summed E-state index contributed by atoms with van der Waals surface area (Å²) in [7, 11) is 0. The van der Waals surface area contributed by atoms with E-state index in [9.17, 15) is 0 Å². The largest absolute Gasteiger partial charge is 0.459 e. The van der Waals surface area contributed by atoms with Crippen molar-refractivity contribution in [3.63, 3.8) is 0 Å². The lowest BCUT2D eigenvalue weighted by Crippen LogP contribution is -1.97. The first-order valence-electron chi connectivity index (χ1n) is 5.68. The van der Waals surface area contributed by atoms with Crippen molar-refractivity contribution in [2.45, 2.75) is 6.54 Å². The Morgan fingerprint density at radius 2 is 1.65 bits per heavy atom. The molecule has 0 bridgehead atoms. The van der Waals surface area contributed by atoms with Crippen molar-refractivity contribution in [3.8, 4) is 0 Å². The molecule has 3 aromatic rings. The molecule has 1 aromatic heterocycles. The molecule has 2 aromatic carbocycles. The van der Waals surface area contributed by atoms with E-state index in [1.54, 1.807) is 0 Å². The van der Waals surface area contributed by atoms with E-state index in [1.807, 2.05) is 48.5 Å². The molecule has 1 N–H and O–H groups in total. The molecule has 0 aliphatic carbocycles. The molecule has 3 rings (SSSR count). The van der Waals surface area contributed by atoms with Crippen molar-refractivity contribution in [1.29, 1.82) is 0 Å². The fraction of sp³-hybridized carbons (Fsp3) is 0.0667. The van der Waals surface area contributed by atoms with Crippen LogP contribution in [0.4, 0.5) is 5.69 Å². The van der Waals surface area contributed by atoms with Crippen LogP contribution in [0.25, 0.3) is 11.0 Å². The van der Waals surface area contributed by atoms with E-state index in [0.717, 1.165) is 22.4 Å². The molecular formula is C15H13NO. The van der Waals surface area contributed by atoms with Crippen LogP contribution in [-0.2, 0) is 6.54 Å². The summed E-state index contributed by atoms with van der Waals surface area (Å²) in [6.07, 6.45) is 0. The Kier molecular flexibility index (Phi) is 2.54. The fourth-order valence-corrected chi connectivity index (χ4v) is 1.87. The Morgan fingerprint density at radius 3 is 2.47 bits per heavy atom. The van der Waals surface area contributed by atoms with Crippen LogP contribution < -0.4 is 5.32 Å². The number of hydrogen-bond acceptors (Lipinski definition) is 2. The first-order valence-corrected chi connectivity index (χ1v) is 5.68. The summed E-state index contributed by atoms with van der Waals surface area (Å²) in [6.45, 7) is 0.707. The van der Waals surface area contributed by atoms with Crippen LogP contribution in [0.5, 0.6) is 0 Å². The predicted octanol–water partition coefficient (Wildman–Crippen LogP) is 4.04. The highest BCUT2D eigenvalue weighted by atomic mass is 16.3. The zero-order chi connectivity index (χ0) is 11.5. The normalized spacial score (nSPS) is 10.6. The standard InChI is InChI=1S/C15H13NO/c1-2-7-13(8-3-1)16-11-14-10-12-6-4-5-9-15(12)17-14/h1-10,16H,11H2. The van der Waals surface area contributed by atoms with Crippen molar-refractivity contribution in [2.75, 3.05) is 5.32 Å². The molecule has 2 nitrogen and oxygen atoms in total. The molecule has 2 heteroatoms. The molecule has 0 unspecified atom stereocenters. The van der Waals surface area contributed by atoms with Gasteiger partial charge >= 0.3 is 0 Å². The maximum absolute atomic E-state index is 5.73. The number of furan rings is 1. The van der Waals surface area contributed by atoms with Gasteiger partial charge in [-0.2, -0.15) is 0 Å². The van der Waals surface area contributed by atoms with Crippen LogP contribution >= 0.6 is 0 Å². The van der Waals surface area contributed by atoms with Gasteiger partial charge < -0.3 is 9.73 Å². The average Bonchev–Trinajstić information content (AvgIpc) is 2.80. The quantitative estimate of drug-likeness (QED) is 0.724. The maximum atomic E-state index is 5.73. The van der Waals surface area contributed by atoms with Gasteiger partial charge in [-0.1, -0.05) is 36.4 Å². The molecule has 0 amide bonds. The van der Waals surface area contributed by atoms with Gasteiger partial charge in [-0.25, -0.2) is 0 Å². The smallest absolute Gasteiger partial charge is 0.134 e. The Hall–Kier alpha value is -2.22. The summed E-state index contributed by atoms with van der Waals surface area (Å²) < 4.78 is 5.73. The summed E-state index contributed by atoms with van der Waals surface area (Å²) in [5.74, 6) is 0.954. The third kappa shape index (κ3) is 2.16. The van der Waals surface area contributed by atoms with Gasteiger partial charge in [0.1, 0.15) is 11.3 Å². The van der Waals surface area contributed by atoms with Crippen molar-refractivity contribution in [3.05, 3.63) is 66.4 Å². The van der Waals surface area contributed by atoms with Crippen molar-refractivity contribution < 1.29 is 4.42 Å². The summed E-state index contributed by atoms with van der Waals surface area (Å²) in [5.41, 5.74) is 2.05. The van der Waals surface area contributed by atoms with Gasteiger partial charge in [-0.05, 0) is 24.3 Å². The van der Waals surface area contributed by atoms with E-state index in [1.165, 1.54) is 0 Å². The number of hydrogen-bond donors (Lipinski definition) is 1. The lowest BCUT2D eigenvalue weighted by molar-refractivity contribution is 0.559. The summed E-state index contributed by atoms with van der Waals surface area (Å²) in [4.78, 5) is 0. The van der Waals surface area contributed by atoms with Gasteiger partial charge in [0.05, 0.1) is 6.54 Å². The lowest BCUT2D eigenvalue weighted by Gasteiger charge is -2.02. The minimum Gasteiger partial charge on any atom is -0.459 e. The summed E-state index contributed by atoms with van der Waals surface area (Å²) >= 11 is 0. The third-order valence-corrected chi connectivity index (χ3v) is 2.72. The first-order chi connectivity index (χ1) is 8.42. The van der Waals surface area contributed by atoms with Gasteiger partial charge in [-0.3, -0.25) is 0 Å². The zero-order valence-electron chi connectivity index (χ0n) is 9.39. The van der Waals surface area contributed by atoms with E-state index in [2.05, 4.69) is 17.4 Å². The third-order valence-electron chi connectivity index (χ3n) is 2.72. The van der Waals surface area contributed by atoms with Gasteiger partial charge in [-0.15, -0.1) is 0 Å². The molecule has 0 saturated carbocycles. The SMILES string of the molecule is c1ccc(NCc2cc3ccccc3o2)cc1. The van der Waals surface area contributed by atoms with Crippen LogP contribution in [0.15, 0.2) is 65.1 Å². The topological polar surface area (TPSA) is 25.2 Å². The van der Waals surface area contributed by atoms with Crippen LogP contribution in [0.3, 0.4) is 0 Å². The van der Waals surface area contributed by atoms with Crippen molar-refractivity contribution in [2.24, 2.45) is 0 Å². The molecule has 0 aliphatic rings. The van der Waals surface area contributed by atoms with E-state index in [4.69, 9.17) is 4.42 Å². The Bertz CT molecular complexity index is 580.